The Bertz CT molecular complexity index is 2630. The second-order valence-electron chi connectivity index (χ2n) is 18.3. The van der Waals surface area contributed by atoms with Gasteiger partial charge in [-0.15, -0.1) is 10.2 Å². The Kier molecular flexibility index (Phi) is 9.44. The minimum absolute atomic E-state index is 0.0332. The Labute approximate surface area is 331 Å². The maximum Gasteiger partial charge on any atom is 0.340 e. The molecule has 0 aliphatic heterocycles. The molecule has 0 saturated heterocycles. The molecule has 0 radical (unpaired) electrons. The van der Waals surface area contributed by atoms with Gasteiger partial charge in [-0.1, -0.05) is 77.9 Å². The van der Waals surface area contributed by atoms with Crippen LogP contribution in [0.5, 0.6) is 0 Å². The number of carboxylic acids is 1. The number of rotatable bonds is 4. The number of esters is 1. The van der Waals surface area contributed by atoms with Crippen LogP contribution < -0.4 is 0 Å². The summed E-state index contributed by atoms with van der Waals surface area (Å²) in [6.45, 7) is 22.2. The number of carbonyl (C=O) groups is 2. The first kappa shape index (κ1) is 39.7. The fourth-order valence-corrected chi connectivity index (χ4v) is 8.55. The summed E-state index contributed by atoms with van der Waals surface area (Å²) in [4.78, 5) is 23.0. The van der Waals surface area contributed by atoms with Crippen molar-refractivity contribution in [2.75, 3.05) is 7.11 Å². The van der Waals surface area contributed by atoms with Gasteiger partial charge in [0.2, 0.25) is 0 Å². The zero-order chi connectivity index (χ0) is 41.6. The van der Waals surface area contributed by atoms with Gasteiger partial charge in [0, 0.05) is 12.1 Å². The van der Waals surface area contributed by atoms with E-state index in [2.05, 4.69) is 105 Å². The van der Waals surface area contributed by atoms with E-state index >= 15 is 0 Å². The fourth-order valence-electron chi connectivity index (χ4n) is 8.55. The van der Waals surface area contributed by atoms with Crippen LogP contribution in [-0.2, 0) is 26.4 Å². The fraction of sp³-hybridized carbons (Fsp3) is 0.422. The van der Waals surface area contributed by atoms with Gasteiger partial charge in [0.25, 0.3) is 0 Å². The second kappa shape index (κ2) is 13.6. The van der Waals surface area contributed by atoms with Crippen LogP contribution in [0, 0.1) is 25.5 Å². The van der Waals surface area contributed by atoms with Gasteiger partial charge in [-0.05, 0) is 119 Å². The highest BCUT2D eigenvalue weighted by Crippen LogP contribution is 2.48. The van der Waals surface area contributed by atoms with E-state index in [9.17, 15) is 18.4 Å². The molecule has 12 heteroatoms. The summed E-state index contributed by atoms with van der Waals surface area (Å²) in [5.41, 5.74) is 10.6. The number of nitrogens with zero attached hydrogens (tertiary/aromatic N) is 6. The maximum absolute atomic E-state index is 14.6. The standard InChI is InChI=1S/C23H26FN3O2.C22H24FN3O2/c1-13-9-15-16(23(4,5)8-7-22(15,2)3)11-19(13)27-20-12-17(24)14(21(28)29-6)10-18(20)25-26-27;1-12-8-14-15(22(4,5)7-6-21(14,2)3)10-18(12)26-19-11-16(23)13(20(27)28)9-17(19)24-25-26/h9-12H,7-8H2,1-6H3;8-11H,6-7H2,1-5H3,(H,27,28). The lowest BCUT2D eigenvalue weighted by Crippen LogP contribution is -2.34. The van der Waals surface area contributed by atoms with Crippen molar-refractivity contribution in [2.45, 2.75) is 117 Å². The predicted molar refractivity (Wildman–Crippen MR) is 216 cm³/mol. The van der Waals surface area contributed by atoms with E-state index in [0.29, 0.717) is 22.1 Å². The van der Waals surface area contributed by atoms with Crippen LogP contribution in [0.3, 0.4) is 0 Å². The largest absolute Gasteiger partial charge is 0.478 e. The summed E-state index contributed by atoms with van der Waals surface area (Å²) in [5, 5.41) is 25.9. The third-order valence-corrected chi connectivity index (χ3v) is 12.5. The average Bonchev–Trinajstić information content (AvgIpc) is 3.74. The van der Waals surface area contributed by atoms with Crippen LogP contribution in [-0.4, -0.2) is 54.1 Å². The molecule has 298 valence electrons. The SMILES string of the molecule is COC(=O)c1cc2nnn(-c3cc4c(cc3C)C(C)(C)CCC4(C)C)c2cc1F.Cc1cc2c(cc1-n1nnc3cc(C(=O)O)c(F)cc31)C(C)(C)CCC2(C)C. The number of benzene rings is 4. The van der Waals surface area contributed by atoms with Gasteiger partial charge in [0.1, 0.15) is 22.7 Å². The molecule has 2 aromatic heterocycles. The van der Waals surface area contributed by atoms with Crippen LogP contribution in [0.4, 0.5) is 8.78 Å². The lowest BCUT2D eigenvalue weighted by molar-refractivity contribution is 0.0594. The molecule has 2 aliphatic rings. The van der Waals surface area contributed by atoms with Gasteiger partial charge < -0.3 is 9.84 Å². The van der Waals surface area contributed by atoms with Crippen molar-refractivity contribution in [1.29, 1.82) is 0 Å². The third kappa shape index (κ3) is 6.76. The van der Waals surface area contributed by atoms with Crippen molar-refractivity contribution in [1.82, 2.24) is 30.0 Å². The van der Waals surface area contributed by atoms with Crippen molar-refractivity contribution < 1.29 is 28.2 Å². The number of methoxy groups -OCH3 is 1. The summed E-state index contributed by atoms with van der Waals surface area (Å²) in [5.74, 6) is -3.48. The van der Waals surface area contributed by atoms with Gasteiger partial charge in [-0.25, -0.2) is 27.7 Å². The molecule has 0 unspecified atom stereocenters. The highest BCUT2D eigenvalue weighted by atomic mass is 19.1. The van der Waals surface area contributed by atoms with Gasteiger partial charge in [-0.3, -0.25) is 0 Å². The van der Waals surface area contributed by atoms with E-state index in [1.165, 1.54) is 53.6 Å². The number of aromatic nitrogens is 6. The summed E-state index contributed by atoms with van der Waals surface area (Å²) in [6.07, 6.45) is 4.45. The molecule has 0 fully saturated rings. The van der Waals surface area contributed by atoms with E-state index in [0.717, 1.165) is 48.2 Å². The van der Waals surface area contributed by atoms with E-state index in [1.54, 1.807) is 9.36 Å². The molecule has 0 amide bonds. The van der Waals surface area contributed by atoms with Gasteiger partial charge in [0.15, 0.2) is 0 Å². The Hall–Kier alpha value is -5.52. The molecular formula is C45H50F2N6O4. The number of aryl methyl sites for hydroxylation is 2. The lowest BCUT2D eigenvalue weighted by Gasteiger charge is -2.42. The van der Waals surface area contributed by atoms with E-state index in [4.69, 9.17) is 5.11 Å². The number of fused-ring (bicyclic) bond motifs is 4. The Balaban J connectivity index is 0.000000174. The molecule has 6 aromatic rings. The molecule has 0 spiro atoms. The minimum Gasteiger partial charge on any atom is -0.478 e. The summed E-state index contributed by atoms with van der Waals surface area (Å²) in [7, 11) is 1.22. The van der Waals surface area contributed by atoms with Crippen molar-refractivity contribution >= 4 is 34.0 Å². The molecule has 57 heavy (non-hydrogen) atoms. The van der Waals surface area contributed by atoms with Crippen LogP contribution >= 0.6 is 0 Å². The number of carbonyl (C=O) groups excluding carboxylic acids is 1. The molecule has 0 bridgehead atoms. The molecular weight excluding hydrogens is 727 g/mol. The first-order chi connectivity index (χ1) is 26.6. The van der Waals surface area contributed by atoms with Crippen molar-refractivity contribution in [2.24, 2.45) is 0 Å². The summed E-state index contributed by atoms with van der Waals surface area (Å²) >= 11 is 0. The summed E-state index contributed by atoms with van der Waals surface area (Å²) in [6, 6.07) is 13.9. The zero-order valence-corrected chi connectivity index (χ0v) is 34.6. The Morgan fingerprint density at radius 3 is 1.32 bits per heavy atom. The van der Waals surface area contributed by atoms with Crippen LogP contribution in [0.1, 0.15) is 135 Å². The Morgan fingerprint density at radius 1 is 0.596 bits per heavy atom. The zero-order valence-electron chi connectivity index (χ0n) is 34.6. The monoisotopic (exact) mass is 776 g/mol. The minimum atomic E-state index is -1.32. The van der Waals surface area contributed by atoms with E-state index < -0.39 is 29.1 Å². The van der Waals surface area contributed by atoms with E-state index in [1.807, 2.05) is 13.8 Å². The van der Waals surface area contributed by atoms with Crippen LogP contribution in [0.2, 0.25) is 0 Å². The average molecular weight is 777 g/mol. The topological polar surface area (TPSA) is 125 Å². The first-order valence-corrected chi connectivity index (χ1v) is 19.3. The molecule has 8 rings (SSSR count). The Morgan fingerprint density at radius 2 is 0.947 bits per heavy atom. The first-order valence-electron chi connectivity index (χ1n) is 19.3. The quantitative estimate of drug-likeness (QED) is 0.176. The van der Waals surface area contributed by atoms with Crippen molar-refractivity contribution in [3.8, 4) is 11.4 Å². The van der Waals surface area contributed by atoms with Crippen molar-refractivity contribution in [3.05, 3.63) is 105 Å². The third-order valence-electron chi connectivity index (χ3n) is 12.5. The van der Waals surface area contributed by atoms with Gasteiger partial charge in [0.05, 0.1) is 40.6 Å². The molecule has 0 saturated carbocycles. The second-order valence-corrected chi connectivity index (χ2v) is 18.3. The lowest BCUT2D eigenvalue weighted by atomic mass is 9.63. The highest BCUT2D eigenvalue weighted by Gasteiger charge is 2.39. The number of ether oxygens (including phenoxy) is 1. The molecule has 1 N–H and O–H groups in total. The number of aromatic carboxylic acids is 1. The molecule has 2 heterocycles. The maximum atomic E-state index is 14.6. The molecule has 10 nitrogen and oxygen atoms in total. The number of halogens is 2. The normalized spacial score (nSPS) is 17.4. The van der Waals surface area contributed by atoms with Gasteiger partial charge in [-0.2, -0.15) is 0 Å². The van der Waals surface area contributed by atoms with Crippen LogP contribution in [0.15, 0.2) is 48.5 Å². The van der Waals surface area contributed by atoms with E-state index in [-0.39, 0.29) is 27.2 Å². The van der Waals surface area contributed by atoms with Crippen molar-refractivity contribution in [3.63, 3.8) is 0 Å². The molecule has 0 atom stereocenters. The number of carboxylic acid groups (broad SMARTS) is 1. The smallest absolute Gasteiger partial charge is 0.340 e. The number of hydrogen-bond donors (Lipinski definition) is 1. The predicted octanol–water partition coefficient (Wildman–Crippen LogP) is 9.92. The molecule has 2 aliphatic carbocycles. The number of hydrogen-bond acceptors (Lipinski definition) is 7. The van der Waals surface area contributed by atoms with Gasteiger partial charge >= 0.3 is 11.9 Å². The summed E-state index contributed by atoms with van der Waals surface area (Å²) < 4.78 is 36.8. The molecule has 4 aromatic carbocycles. The highest BCUT2D eigenvalue weighted by molar-refractivity contribution is 5.94. The van der Waals surface area contributed by atoms with Crippen LogP contribution in [0.25, 0.3) is 33.4 Å².